The second-order valence-electron chi connectivity index (χ2n) is 5.47. The molecule has 1 heterocycles. The molecule has 0 radical (unpaired) electrons. The molecule has 1 fully saturated rings. The molecule has 1 aliphatic heterocycles. The second-order valence-corrected chi connectivity index (χ2v) is 5.47. The third kappa shape index (κ3) is 4.70. The van der Waals surface area contributed by atoms with E-state index in [0.717, 1.165) is 5.57 Å². The molecule has 0 aliphatic carbocycles. The molecule has 0 amide bonds. The fraction of sp³-hybridized carbons (Fsp3) is 0.533. The fourth-order valence-corrected chi connectivity index (χ4v) is 2.68. The molecule has 1 rings (SSSR count). The Morgan fingerprint density at radius 2 is 1.77 bits per heavy atom. The van der Waals surface area contributed by atoms with Crippen LogP contribution in [0.2, 0.25) is 0 Å². The van der Waals surface area contributed by atoms with E-state index < -0.39 is 29.9 Å². The highest BCUT2D eigenvalue weighted by molar-refractivity contribution is 5.85. The van der Waals surface area contributed by atoms with E-state index in [1.54, 1.807) is 6.08 Å². The molecule has 0 aromatic heterocycles. The fourth-order valence-electron chi connectivity index (χ4n) is 2.68. The van der Waals surface area contributed by atoms with Crippen LogP contribution in [0.25, 0.3) is 0 Å². The van der Waals surface area contributed by atoms with Crippen LogP contribution >= 0.6 is 0 Å². The molecule has 3 atom stereocenters. The molecule has 0 unspecified atom stereocenters. The van der Waals surface area contributed by atoms with E-state index in [2.05, 4.69) is 5.32 Å². The number of carboxylic acids is 3. The molecular weight excluding hydrogens is 290 g/mol. The highest BCUT2D eigenvalue weighted by Gasteiger charge is 2.41. The lowest BCUT2D eigenvalue weighted by Crippen LogP contribution is -2.36. The van der Waals surface area contributed by atoms with Gasteiger partial charge < -0.3 is 20.6 Å². The first-order valence-corrected chi connectivity index (χ1v) is 6.98. The summed E-state index contributed by atoms with van der Waals surface area (Å²) in [7, 11) is 0. The Kier molecular flexibility index (Phi) is 6.30. The number of allylic oxidation sites excluding steroid dienone is 2. The lowest BCUT2D eigenvalue weighted by Gasteiger charge is -2.20. The van der Waals surface area contributed by atoms with E-state index in [1.807, 2.05) is 13.0 Å². The van der Waals surface area contributed by atoms with Crippen molar-refractivity contribution in [2.24, 2.45) is 11.8 Å². The molecule has 1 saturated heterocycles. The zero-order valence-electron chi connectivity index (χ0n) is 12.6. The van der Waals surface area contributed by atoms with Gasteiger partial charge in [-0.15, -0.1) is 0 Å². The lowest BCUT2D eigenvalue weighted by atomic mass is 9.83. The van der Waals surface area contributed by atoms with Crippen LogP contribution in [-0.4, -0.2) is 45.8 Å². The minimum absolute atomic E-state index is 0.185. The molecule has 0 bridgehead atoms. The topological polar surface area (TPSA) is 124 Å². The van der Waals surface area contributed by atoms with Gasteiger partial charge >= 0.3 is 17.9 Å². The highest BCUT2D eigenvalue weighted by atomic mass is 16.4. The molecule has 0 aromatic carbocycles. The smallest absolute Gasteiger partial charge is 0.330 e. The maximum Gasteiger partial charge on any atom is 0.330 e. The van der Waals surface area contributed by atoms with Gasteiger partial charge in [0, 0.05) is 18.0 Å². The summed E-state index contributed by atoms with van der Waals surface area (Å²) in [4.78, 5) is 32.8. The van der Waals surface area contributed by atoms with Gasteiger partial charge in [-0.3, -0.25) is 9.59 Å². The molecule has 0 spiro atoms. The Balaban J connectivity index is 2.83. The van der Waals surface area contributed by atoms with Crippen molar-refractivity contribution in [2.45, 2.75) is 32.7 Å². The average molecular weight is 311 g/mol. The minimum Gasteiger partial charge on any atom is -0.481 e. The maximum absolute atomic E-state index is 11.2. The first-order valence-electron chi connectivity index (χ1n) is 6.98. The van der Waals surface area contributed by atoms with E-state index in [1.165, 1.54) is 6.92 Å². The summed E-state index contributed by atoms with van der Waals surface area (Å²) in [5.41, 5.74) is 1.11. The van der Waals surface area contributed by atoms with Crippen LogP contribution in [0.4, 0.5) is 0 Å². The van der Waals surface area contributed by atoms with Crippen LogP contribution < -0.4 is 5.32 Å². The third-order valence-electron chi connectivity index (χ3n) is 3.97. The number of hydrogen-bond donors (Lipinski definition) is 4. The number of hydrogen-bond acceptors (Lipinski definition) is 4. The molecule has 0 saturated carbocycles. The Morgan fingerprint density at radius 3 is 2.27 bits per heavy atom. The number of rotatable bonds is 7. The largest absolute Gasteiger partial charge is 0.481 e. The van der Waals surface area contributed by atoms with Gasteiger partial charge in [-0.25, -0.2) is 4.79 Å². The third-order valence-corrected chi connectivity index (χ3v) is 3.97. The summed E-state index contributed by atoms with van der Waals surface area (Å²) in [5.74, 6) is -3.77. The molecule has 7 heteroatoms. The van der Waals surface area contributed by atoms with Gasteiger partial charge in [0.05, 0.1) is 6.42 Å². The van der Waals surface area contributed by atoms with Crippen molar-refractivity contribution in [2.75, 3.05) is 6.54 Å². The van der Waals surface area contributed by atoms with Crippen LogP contribution in [0, 0.1) is 11.8 Å². The molecule has 0 aromatic rings. The first kappa shape index (κ1) is 17.9. The van der Waals surface area contributed by atoms with E-state index in [9.17, 15) is 14.4 Å². The zero-order valence-corrected chi connectivity index (χ0v) is 12.6. The Morgan fingerprint density at radius 1 is 1.14 bits per heavy atom. The highest BCUT2D eigenvalue weighted by Crippen LogP contribution is 2.31. The van der Waals surface area contributed by atoms with Gasteiger partial charge in [-0.2, -0.15) is 0 Å². The van der Waals surface area contributed by atoms with Gasteiger partial charge in [0.2, 0.25) is 0 Å². The SMILES string of the molecule is C/C(=C\C/C=C(\C)[C@H]1CN[C@H](C(=O)O)[C@H]1CC(=O)O)C(=O)O. The zero-order chi connectivity index (χ0) is 16.9. The van der Waals surface area contributed by atoms with Gasteiger partial charge in [0.25, 0.3) is 0 Å². The Bertz CT molecular complexity index is 522. The van der Waals surface area contributed by atoms with Crippen molar-refractivity contribution in [3.63, 3.8) is 0 Å². The predicted octanol–water partition coefficient (Wildman–Crippen LogP) is 1.12. The standard InChI is InChI=1S/C15H21NO6/c1-8(4-3-5-9(2)14(19)20)11-7-16-13(15(21)22)10(11)6-12(17)18/h4-5,10-11,13,16H,3,6-7H2,1-2H3,(H,17,18)(H,19,20)(H,21,22)/b8-4+,9-5+/t10-,11+,13-/m0/s1. The Hall–Kier alpha value is -2.15. The quantitative estimate of drug-likeness (QED) is 0.410. The van der Waals surface area contributed by atoms with Crippen LogP contribution in [0.15, 0.2) is 23.3 Å². The van der Waals surface area contributed by atoms with Crippen molar-refractivity contribution < 1.29 is 29.7 Å². The van der Waals surface area contributed by atoms with Crippen LogP contribution in [0.3, 0.4) is 0 Å². The number of nitrogens with one attached hydrogen (secondary N) is 1. The van der Waals surface area contributed by atoms with Crippen LogP contribution in [0.1, 0.15) is 26.7 Å². The van der Waals surface area contributed by atoms with Crippen molar-refractivity contribution in [3.05, 3.63) is 23.3 Å². The number of carbonyl (C=O) groups is 3. The maximum atomic E-state index is 11.2. The van der Waals surface area contributed by atoms with E-state index in [0.29, 0.717) is 13.0 Å². The minimum atomic E-state index is -1.05. The van der Waals surface area contributed by atoms with Crippen molar-refractivity contribution >= 4 is 17.9 Å². The molecule has 122 valence electrons. The summed E-state index contributed by atoms with van der Waals surface area (Å²) in [5, 5.41) is 29.7. The molecule has 22 heavy (non-hydrogen) atoms. The normalized spacial score (nSPS) is 26.0. The van der Waals surface area contributed by atoms with E-state index in [4.69, 9.17) is 15.3 Å². The summed E-state index contributed by atoms with van der Waals surface area (Å²) < 4.78 is 0. The summed E-state index contributed by atoms with van der Waals surface area (Å²) in [6.07, 6.45) is 3.58. The summed E-state index contributed by atoms with van der Waals surface area (Å²) in [6.45, 7) is 3.71. The first-order chi connectivity index (χ1) is 10.2. The van der Waals surface area contributed by atoms with Gasteiger partial charge in [-0.05, 0) is 26.2 Å². The van der Waals surface area contributed by atoms with Crippen molar-refractivity contribution in [1.82, 2.24) is 5.32 Å². The summed E-state index contributed by atoms with van der Waals surface area (Å²) >= 11 is 0. The van der Waals surface area contributed by atoms with Crippen molar-refractivity contribution in [1.29, 1.82) is 0 Å². The Labute approximate surface area is 128 Å². The number of aliphatic carboxylic acids is 3. The molecule has 7 nitrogen and oxygen atoms in total. The average Bonchev–Trinajstić information content (AvgIpc) is 2.81. The molecule has 4 N–H and O–H groups in total. The van der Waals surface area contributed by atoms with Crippen LogP contribution in [-0.2, 0) is 14.4 Å². The second kappa shape index (κ2) is 7.74. The monoisotopic (exact) mass is 311 g/mol. The van der Waals surface area contributed by atoms with Gasteiger partial charge in [-0.1, -0.05) is 17.7 Å². The lowest BCUT2D eigenvalue weighted by molar-refractivity contribution is -0.142. The number of carboxylic acid groups (broad SMARTS) is 3. The van der Waals surface area contributed by atoms with Crippen molar-refractivity contribution in [3.8, 4) is 0 Å². The van der Waals surface area contributed by atoms with Gasteiger partial charge in [0.15, 0.2) is 0 Å². The van der Waals surface area contributed by atoms with E-state index in [-0.39, 0.29) is 17.9 Å². The van der Waals surface area contributed by atoms with Gasteiger partial charge in [0.1, 0.15) is 6.04 Å². The molecule has 1 aliphatic rings. The summed E-state index contributed by atoms with van der Waals surface area (Å²) in [6, 6.07) is -0.874. The van der Waals surface area contributed by atoms with Crippen LogP contribution in [0.5, 0.6) is 0 Å². The predicted molar refractivity (Wildman–Crippen MR) is 78.4 cm³/mol. The van der Waals surface area contributed by atoms with E-state index >= 15 is 0 Å². The molecular formula is C15H21NO6.